The van der Waals surface area contributed by atoms with Gasteiger partial charge in [0, 0.05) is 0 Å². The van der Waals surface area contributed by atoms with E-state index in [2.05, 4.69) is 51.6 Å². The maximum absolute atomic E-state index is 5.29. The minimum absolute atomic E-state index is 0.946. The second kappa shape index (κ2) is 12.0. The van der Waals surface area contributed by atoms with Crippen LogP contribution < -0.4 is 4.74 Å². The van der Waals surface area contributed by atoms with Crippen LogP contribution in [0.5, 0.6) is 5.75 Å². The van der Waals surface area contributed by atoms with E-state index in [1.54, 1.807) is 10.7 Å². The molecule has 0 bridgehead atoms. The summed E-state index contributed by atoms with van der Waals surface area (Å²) in [5.41, 5.74) is 1.41. The Morgan fingerprint density at radius 2 is 1.33 bits per heavy atom. The van der Waals surface area contributed by atoms with Gasteiger partial charge in [0.25, 0.3) is 0 Å². The van der Waals surface area contributed by atoms with Crippen LogP contribution in [0.4, 0.5) is 0 Å². The third-order valence-corrected chi connectivity index (χ3v) is 21.4. The number of unbranched alkanes of at least 4 members (excludes halogenated alkanes) is 3. The van der Waals surface area contributed by atoms with E-state index in [1.807, 2.05) is 0 Å². The van der Waals surface area contributed by atoms with Gasteiger partial charge in [0.15, 0.2) is 0 Å². The van der Waals surface area contributed by atoms with E-state index in [4.69, 9.17) is 4.74 Å². The van der Waals surface area contributed by atoms with Crippen molar-refractivity contribution >= 4 is 18.4 Å². The summed E-state index contributed by atoms with van der Waals surface area (Å²) in [6, 6.07) is 8.62. The fraction of sp³-hybridized carbons (Fsp3) is 0.636. The summed E-state index contributed by atoms with van der Waals surface area (Å²) < 4.78 is 11.5. The van der Waals surface area contributed by atoms with Crippen molar-refractivity contribution in [1.29, 1.82) is 0 Å². The Labute approximate surface area is 154 Å². The summed E-state index contributed by atoms with van der Waals surface area (Å²) in [5.74, 6) is 0.946. The van der Waals surface area contributed by atoms with Crippen LogP contribution >= 0.6 is 0 Å². The summed E-state index contributed by atoms with van der Waals surface area (Å²) in [6.45, 7) is 11.7. The third-order valence-electron chi connectivity index (χ3n) is 5.35. The van der Waals surface area contributed by atoms with Crippen molar-refractivity contribution < 1.29 is 4.74 Å². The van der Waals surface area contributed by atoms with Crippen molar-refractivity contribution in [2.75, 3.05) is 7.11 Å². The van der Waals surface area contributed by atoms with Crippen molar-refractivity contribution in [3.63, 3.8) is 0 Å². The molecule has 1 aromatic carbocycles. The topological polar surface area (TPSA) is 9.23 Å². The zero-order chi connectivity index (χ0) is 17.8. The summed E-state index contributed by atoms with van der Waals surface area (Å²) in [4.78, 5) is 0. The Bertz CT molecular complexity index is 442. The van der Waals surface area contributed by atoms with Gasteiger partial charge >= 0.3 is 155 Å². The van der Waals surface area contributed by atoms with Crippen LogP contribution in [-0.4, -0.2) is 25.5 Å². The van der Waals surface area contributed by atoms with E-state index in [0.29, 0.717) is 0 Å². The van der Waals surface area contributed by atoms with Gasteiger partial charge in [-0.05, 0) is 0 Å². The zero-order valence-corrected chi connectivity index (χ0v) is 19.3. The number of ether oxygens (including phenoxy) is 1. The SMILES string of the molecule is C=[C](Cc1ccc(OC)cc1)[Sn]([CH2]CCC)([CH2]CCC)[CH2]CCC. The number of allylic oxidation sites excluding steroid dienone is 1. The Morgan fingerprint density at radius 3 is 1.71 bits per heavy atom. The average Bonchev–Trinajstić information content (AvgIpc) is 2.62. The predicted molar refractivity (Wildman–Crippen MR) is 111 cm³/mol. The van der Waals surface area contributed by atoms with Crippen LogP contribution in [0.3, 0.4) is 0 Å². The fourth-order valence-corrected chi connectivity index (χ4v) is 19.3. The molecule has 0 N–H and O–H groups in total. The van der Waals surface area contributed by atoms with Crippen LogP contribution in [-0.2, 0) is 6.42 Å². The molecular formula is C22H38OSn. The molecule has 0 amide bonds. The fourth-order valence-electron chi connectivity index (χ4n) is 3.63. The molecule has 1 aromatic rings. The molecule has 136 valence electrons. The Kier molecular flexibility index (Phi) is 10.8. The molecule has 0 spiro atoms. The molecule has 0 unspecified atom stereocenters. The molecule has 0 atom stereocenters. The number of benzene rings is 1. The summed E-state index contributed by atoms with van der Waals surface area (Å²) in [5, 5.41) is 0. The molecule has 0 heterocycles. The number of rotatable bonds is 13. The van der Waals surface area contributed by atoms with Gasteiger partial charge in [0.2, 0.25) is 0 Å². The Hall–Kier alpha value is -0.441. The van der Waals surface area contributed by atoms with Crippen LogP contribution in [0.2, 0.25) is 13.3 Å². The van der Waals surface area contributed by atoms with E-state index in [0.717, 1.165) is 12.2 Å². The monoisotopic (exact) mass is 438 g/mol. The molecule has 1 nitrogen and oxygen atoms in total. The number of methoxy groups -OCH3 is 1. The molecule has 0 fully saturated rings. The first kappa shape index (κ1) is 21.6. The normalized spacial score (nSPS) is 11.5. The summed E-state index contributed by atoms with van der Waals surface area (Å²) in [6.07, 6.45) is 9.30. The first-order valence-electron chi connectivity index (χ1n) is 9.93. The van der Waals surface area contributed by atoms with E-state index in [9.17, 15) is 0 Å². The van der Waals surface area contributed by atoms with Crippen molar-refractivity contribution in [2.45, 2.75) is 79.0 Å². The van der Waals surface area contributed by atoms with Gasteiger partial charge in [0.05, 0.1) is 0 Å². The van der Waals surface area contributed by atoms with Crippen molar-refractivity contribution in [3.05, 3.63) is 40.0 Å². The van der Waals surface area contributed by atoms with Crippen molar-refractivity contribution in [1.82, 2.24) is 0 Å². The quantitative estimate of drug-likeness (QED) is 0.297. The molecule has 24 heavy (non-hydrogen) atoms. The van der Waals surface area contributed by atoms with Gasteiger partial charge in [-0.2, -0.15) is 0 Å². The van der Waals surface area contributed by atoms with Crippen molar-refractivity contribution in [2.24, 2.45) is 0 Å². The first-order chi connectivity index (χ1) is 11.6. The molecule has 0 saturated carbocycles. The molecule has 0 aliphatic rings. The number of hydrogen-bond donors (Lipinski definition) is 0. The van der Waals surface area contributed by atoms with E-state index >= 15 is 0 Å². The van der Waals surface area contributed by atoms with Gasteiger partial charge < -0.3 is 0 Å². The molecule has 2 heteroatoms. The van der Waals surface area contributed by atoms with Crippen LogP contribution in [0.15, 0.2) is 34.4 Å². The minimum atomic E-state index is -2.28. The zero-order valence-electron chi connectivity index (χ0n) is 16.5. The van der Waals surface area contributed by atoms with Crippen LogP contribution in [0.1, 0.15) is 64.9 Å². The number of hydrogen-bond acceptors (Lipinski definition) is 1. The maximum atomic E-state index is 5.29. The molecular weight excluding hydrogens is 399 g/mol. The Morgan fingerprint density at radius 1 is 0.875 bits per heavy atom. The van der Waals surface area contributed by atoms with Gasteiger partial charge in [-0.3, -0.25) is 0 Å². The summed E-state index contributed by atoms with van der Waals surface area (Å²) in [7, 11) is 1.73. The molecule has 1 rings (SSSR count). The van der Waals surface area contributed by atoms with Crippen LogP contribution in [0.25, 0.3) is 0 Å². The summed E-state index contributed by atoms with van der Waals surface area (Å²) >= 11 is -2.28. The second-order valence-corrected chi connectivity index (χ2v) is 20.8. The van der Waals surface area contributed by atoms with Gasteiger partial charge in [0.1, 0.15) is 0 Å². The third kappa shape index (κ3) is 6.82. The predicted octanol–water partition coefficient (Wildman–Crippen LogP) is 7.18. The molecule has 0 radical (unpaired) electrons. The van der Waals surface area contributed by atoms with E-state index in [-0.39, 0.29) is 0 Å². The van der Waals surface area contributed by atoms with Gasteiger partial charge in [-0.25, -0.2) is 0 Å². The first-order valence-corrected chi connectivity index (χ1v) is 17.4. The average molecular weight is 437 g/mol. The molecule has 0 aliphatic carbocycles. The molecule has 0 saturated heterocycles. The van der Waals surface area contributed by atoms with E-state index < -0.39 is 18.4 Å². The molecule has 0 aromatic heterocycles. The van der Waals surface area contributed by atoms with Crippen LogP contribution in [0, 0.1) is 0 Å². The molecule has 0 aliphatic heterocycles. The Balaban J connectivity index is 2.92. The van der Waals surface area contributed by atoms with Gasteiger partial charge in [-0.15, -0.1) is 0 Å². The van der Waals surface area contributed by atoms with Gasteiger partial charge in [-0.1, -0.05) is 0 Å². The standard InChI is InChI=1S/C10H11O.3C4H9.Sn/c1-3-4-9-5-7-10(11-2)8-6-9;3*1-3-4-2;/h5-8H,1,4H2,2H3;3*1,3-4H2,2H3;. The second-order valence-electron chi connectivity index (χ2n) is 7.22. The van der Waals surface area contributed by atoms with Crippen molar-refractivity contribution in [3.8, 4) is 5.75 Å². The van der Waals surface area contributed by atoms with E-state index in [1.165, 1.54) is 57.4 Å².